The highest BCUT2D eigenvalue weighted by molar-refractivity contribution is 8.14. The molecular weight excluding hydrogens is 340 g/mol. The molecule has 0 unspecified atom stereocenters. The highest BCUT2D eigenvalue weighted by Crippen LogP contribution is 2.28. The fourth-order valence-electron chi connectivity index (χ4n) is 2.27. The van der Waals surface area contributed by atoms with Gasteiger partial charge in [-0.2, -0.15) is 5.10 Å². The number of nitrogens with zero attached hydrogens (tertiary/aromatic N) is 2. The topological polar surface area (TPSA) is 109 Å². The molecule has 1 aliphatic heterocycles. The molecule has 0 bridgehead atoms. The summed E-state index contributed by atoms with van der Waals surface area (Å²) in [6.45, 7) is 0. The fourth-order valence-corrected chi connectivity index (χ4v) is 3.04. The predicted molar refractivity (Wildman–Crippen MR) is 98.8 cm³/mol. The molecule has 0 fully saturated rings. The summed E-state index contributed by atoms with van der Waals surface area (Å²) in [4.78, 5) is 15.8. The Hall–Kier alpha value is -3.00. The Morgan fingerprint density at radius 3 is 2.84 bits per heavy atom. The number of hydrogen-bond acceptors (Lipinski definition) is 6. The second-order valence-corrected chi connectivity index (χ2v) is 6.11. The van der Waals surface area contributed by atoms with E-state index >= 15 is 0 Å². The lowest BCUT2D eigenvalue weighted by atomic mass is 10.1. The Labute approximate surface area is 148 Å². The highest BCUT2D eigenvalue weighted by Gasteiger charge is 2.16. The number of ether oxygens (including phenoxy) is 1. The van der Waals surface area contributed by atoms with Crippen LogP contribution < -0.4 is 15.9 Å². The minimum atomic E-state index is -0.685. The number of benzene rings is 2. The minimum Gasteiger partial charge on any atom is -0.507 e. The molecule has 0 atom stereocenters. The Balaban J connectivity index is 1.82. The van der Waals surface area contributed by atoms with Gasteiger partial charge in [-0.3, -0.25) is 10.2 Å². The smallest absolute Gasteiger partial charge is 0.252 e. The summed E-state index contributed by atoms with van der Waals surface area (Å²) in [5.41, 5.74) is 10.4. The first kappa shape index (κ1) is 16.8. The number of primary amides is 1. The van der Waals surface area contributed by atoms with Crippen molar-refractivity contribution in [2.75, 3.05) is 12.9 Å². The summed E-state index contributed by atoms with van der Waals surface area (Å²) in [6, 6.07) is 12.1. The molecule has 8 heteroatoms. The largest absolute Gasteiger partial charge is 0.507 e. The number of nitrogens with one attached hydrogen (secondary N) is 1. The standard InChI is InChI=1S/C17H16N4O3S/c1-24-15-5-3-2-4-12(15)19-17-21-20-13(9-25-17)10-6-7-14(22)11(8-10)16(18)23/h2-8,22H,9H2,1H3,(H2,18,23)(H,19,21). The maximum absolute atomic E-state index is 11.3. The molecule has 0 saturated heterocycles. The molecule has 1 heterocycles. The van der Waals surface area contributed by atoms with Gasteiger partial charge in [-0.25, -0.2) is 4.99 Å². The number of rotatable bonds is 4. The maximum Gasteiger partial charge on any atom is 0.252 e. The first-order chi connectivity index (χ1) is 12.1. The number of hydrazone groups is 1. The molecular formula is C17H16N4O3S. The number of amides is 1. The lowest BCUT2D eigenvalue weighted by Crippen LogP contribution is -2.25. The number of nitrogens with two attached hydrogens (primary N) is 1. The third-order valence-electron chi connectivity index (χ3n) is 3.53. The number of carbonyl (C=O) groups is 1. The van der Waals surface area contributed by atoms with Crippen LogP contribution >= 0.6 is 11.8 Å². The normalized spacial score (nSPS) is 15.4. The van der Waals surface area contributed by atoms with E-state index < -0.39 is 5.91 Å². The van der Waals surface area contributed by atoms with Crippen LogP contribution in [0.15, 0.2) is 52.6 Å². The number of aromatic hydroxyl groups is 1. The molecule has 0 saturated carbocycles. The molecule has 7 nitrogen and oxygen atoms in total. The second kappa shape index (κ2) is 7.27. The summed E-state index contributed by atoms with van der Waals surface area (Å²) in [7, 11) is 1.60. The fraction of sp³-hybridized carbons (Fsp3) is 0.118. The van der Waals surface area contributed by atoms with Crippen molar-refractivity contribution >= 4 is 34.2 Å². The van der Waals surface area contributed by atoms with Gasteiger partial charge in [-0.05, 0) is 35.9 Å². The molecule has 2 aromatic rings. The average molecular weight is 356 g/mol. The minimum absolute atomic E-state index is 0.0682. The van der Waals surface area contributed by atoms with Gasteiger partial charge in [0.1, 0.15) is 17.2 Å². The van der Waals surface area contributed by atoms with Crippen LogP contribution in [0.2, 0.25) is 0 Å². The molecule has 1 amide bonds. The SMILES string of the molecule is COc1ccccc1N=C1NN=C(c2ccc(O)c(C(N)=O)c2)CS1. The zero-order chi connectivity index (χ0) is 17.8. The molecule has 128 valence electrons. The molecule has 0 aliphatic carbocycles. The van der Waals surface area contributed by atoms with E-state index in [4.69, 9.17) is 10.5 Å². The highest BCUT2D eigenvalue weighted by atomic mass is 32.2. The lowest BCUT2D eigenvalue weighted by molar-refractivity contribution is 0.0997. The van der Waals surface area contributed by atoms with Crippen LogP contribution in [0.5, 0.6) is 11.5 Å². The van der Waals surface area contributed by atoms with Gasteiger partial charge in [-0.1, -0.05) is 23.9 Å². The predicted octanol–water partition coefficient (Wildman–Crippen LogP) is 2.23. The van der Waals surface area contributed by atoms with Gasteiger partial charge < -0.3 is 15.6 Å². The van der Waals surface area contributed by atoms with Crippen molar-refractivity contribution in [2.45, 2.75) is 0 Å². The van der Waals surface area contributed by atoms with E-state index in [1.807, 2.05) is 24.3 Å². The van der Waals surface area contributed by atoms with Crippen LogP contribution in [0.25, 0.3) is 0 Å². The monoisotopic (exact) mass is 356 g/mol. The molecule has 3 rings (SSSR count). The van der Waals surface area contributed by atoms with Crippen LogP contribution in [0, 0.1) is 0 Å². The van der Waals surface area contributed by atoms with Crippen LogP contribution in [-0.2, 0) is 0 Å². The van der Waals surface area contributed by atoms with E-state index in [0.29, 0.717) is 27.9 Å². The Bertz CT molecular complexity index is 880. The summed E-state index contributed by atoms with van der Waals surface area (Å²) in [6.07, 6.45) is 0. The van der Waals surface area contributed by atoms with E-state index in [0.717, 1.165) is 5.71 Å². The first-order valence-electron chi connectivity index (χ1n) is 7.38. The Morgan fingerprint density at radius 2 is 2.16 bits per heavy atom. The number of amidine groups is 1. The third kappa shape index (κ3) is 3.74. The molecule has 0 spiro atoms. The number of methoxy groups -OCH3 is 1. The van der Waals surface area contributed by atoms with Crippen LogP contribution in [0.3, 0.4) is 0 Å². The number of thioether (sulfide) groups is 1. The van der Waals surface area contributed by atoms with Gasteiger partial charge in [0.15, 0.2) is 5.17 Å². The van der Waals surface area contributed by atoms with Crippen molar-refractivity contribution in [3.8, 4) is 11.5 Å². The van der Waals surface area contributed by atoms with Gasteiger partial charge in [0.2, 0.25) is 0 Å². The van der Waals surface area contributed by atoms with Gasteiger partial charge in [-0.15, -0.1) is 0 Å². The number of carbonyl (C=O) groups excluding carboxylic acids is 1. The zero-order valence-corrected chi connectivity index (χ0v) is 14.2. The van der Waals surface area contributed by atoms with Gasteiger partial charge in [0.25, 0.3) is 5.91 Å². The lowest BCUT2D eigenvalue weighted by Gasteiger charge is -2.16. The molecule has 0 aromatic heterocycles. The molecule has 0 radical (unpaired) electrons. The van der Waals surface area contributed by atoms with E-state index in [-0.39, 0.29) is 11.3 Å². The molecule has 2 aromatic carbocycles. The van der Waals surface area contributed by atoms with Crippen molar-refractivity contribution in [3.63, 3.8) is 0 Å². The summed E-state index contributed by atoms with van der Waals surface area (Å²) >= 11 is 1.47. The molecule has 25 heavy (non-hydrogen) atoms. The van der Waals surface area contributed by atoms with Crippen molar-refractivity contribution in [1.82, 2.24) is 5.43 Å². The Kier molecular flexibility index (Phi) is 4.90. The summed E-state index contributed by atoms with van der Waals surface area (Å²) < 4.78 is 5.28. The maximum atomic E-state index is 11.3. The van der Waals surface area contributed by atoms with E-state index in [9.17, 15) is 9.90 Å². The summed E-state index contributed by atoms with van der Waals surface area (Å²) in [5.74, 6) is 0.405. The quantitative estimate of drug-likeness (QED) is 0.778. The molecule has 1 aliphatic rings. The van der Waals surface area contributed by atoms with Crippen LogP contribution in [0.1, 0.15) is 15.9 Å². The van der Waals surface area contributed by atoms with Crippen LogP contribution in [-0.4, -0.2) is 34.8 Å². The van der Waals surface area contributed by atoms with Gasteiger partial charge in [0.05, 0.1) is 18.4 Å². The van der Waals surface area contributed by atoms with Crippen molar-refractivity contribution < 1.29 is 14.6 Å². The first-order valence-corrected chi connectivity index (χ1v) is 8.37. The van der Waals surface area contributed by atoms with E-state index in [2.05, 4.69) is 15.5 Å². The van der Waals surface area contributed by atoms with E-state index in [1.54, 1.807) is 13.2 Å². The van der Waals surface area contributed by atoms with Crippen LogP contribution in [0.4, 0.5) is 5.69 Å². The van der Waals surface area contributed by atoms with E-state index in [1.165, 1.54) is 23.9 Å². The summed E-state index contributed by atoms with van der Waals surface area (Å²) in [5, 5.41) is 14.6. The second-order valence-electron chi connectivity index (χ2n) is 5.14. The molecule has 4 N–H and O–H groups in total. The van der Waals surface area contributed by atoms with Crippen molar-refractivity contribution in [3.05, 3.63) is 53.6 Å². The zero-order valence-electron chi connectivity index (χ0n) is 13.4. The number of aliphatic imine (C=N–C) groups is 1. The average Bonchev–Trinajstić information content (AvgIpc) is 2.63. The number of hydrogen-bond donors (Lipinski definition) is 3. The van der Waals surface area contributed by atoms with Crippen molar-refractivity contribution in [2.24, 2.45) is 15.8 Å². The van der Waals surface area contributed by atoms with Gasteiger partial charge >= 0.3 is 0 Å². The van der Waals surface area contributed by atoms with Gasteiger partial charge in [0, 0.05) is 5.75 Å². The third-order valence-corrected chi connectivity index (χ3v) is 4.41. The number of para-hydroxylation sites is 2. The Morgan fingerprint density at radius 1 is 1.36 bits per heavy atom. The van der Waals surface area contributed by atoms with Crippen molar-refractivity contribution in [1.29, 1.82) is 0 Å². The number of phenols is 1.